The number of carbonyl (C=O) groups is 2. The van der Waals surface area contributed by atoms with E-state index in [0.717, 1.165) is 16.8 Å². The lowest BCUT2D eigenvalue weighted by atomic mass is 10.0. The number of urea groups is 1. The Bertz CT molecular complexity index is 1290. The molecule has 2 atom stereocenters. The van der Waals surface area contributed by atoms with Crippen molar-refractivity contribution in [3.05, 3.63) is 71.4 Å². The van der Waals surface area contributed by atoms with Gasteiger partial charge in [0.25, 0.3) is 5.91 Å². The van der Waals surface area contributed by atoms with Gasteiger partial charge in [0, 0.05) is 12.1 Å². The van der Waals surface area contributed by atoms with E-state index in [4.69, 9.17) is 9.47 Å². The van der Waals surface area contributed by atoms with Gasteiger partial charge in [0.15, 0.2) is 17.3 Å². The molecule has 3 N–H and O–H groups in total. The number of amides is 3. The number of nitrogens with one attached hydrogen (secondary N) is 3. The molecule has 1 unspecified atom stereocenters. The van der Waals surface area contributed by atoms with Crippen LogP contribution in [0.25, 0.3) is 0 Å². The molecule has 0 saturated heterocycles. The highest BCUT2D eigenvalue weighted by atomic mass is 16.6. The number of H-pyrrole nitrogens is 1. The van der Waals surface area contributed by atoms with Crippen LogP contribution < -0.4 is 20.1 Å². The van der Waals surface area contributed by atoms with Crippen LogP contribution in [0.5, 0.6) is 11.5 Å². The number of fused-ring (bicyclic) bond motifs is 2. The number of para-hydroxylation sites is 2. The summed E-state index contributed by atoms with van der Waals surface area (Å²) in [5.41, 5.74) is 1.94. The maximum absolute atomic E-state index is 13.5. The Kier molecular flexibility index (Phi) is 6.51. The van der Waals surface area contributed by atoms with Crippen LogP contribution in [-0.4, -0.2) is 65.3 Å². The van der Waals surface area contributed by atoms with Crippen LogP contribution in [0.2, 0.25) is 0 Å². The minimum absolute atomic E-state index is 0.0994. The van der Waals surface area contributed by atoms with Crippen molar-refractivity contribution in [2.75, 3.05) is 32.6 Å². The second-order valence-electron chi connectivity index (χ2n) is 10.1. The molecule has 194 valence electrons. The van der Waals surface area contributed by atoms with Crippen LogP contribution in [0.1, 0.15) is 36.7 Å². The number of hydrogen-bond donors (Lipinski definition) is 3. The normalized spacial score (nSPS) is 18.3. The summed E-state index contributed by atoms with van der Waals surface area (Å²) in [6.07, 6.45) is -0.811. The van der Waals surface area contributed by atoms with Gasteiger partial charge in [-0.05, 0) is 45.6 Å². The van der Waals surface area contributed by atoms with Gasteiger partial charge in [0.05, 0.1) is 23.8 Å². The van der Waals surface area contributed by atoms with Gasteiger partial charge in [-0.1, -0.05) is 42.5 Å². The van der Waals surface area contributed by atoms with Crippen molar-refractivity contribution in [1.29, 1.82) is 0 Å². The third-order valence-electron chi connectivity index (χ3n) is 6.81. The predicted molar refractivity (Wildman–Crippen MR) is 138 cm³/mol. The highest BCUT2D eigenvalue weighted by Gasteiger charge is 2.44. The quantitative estimate of drug-likeness (QED) is 0.475. The Morgan fingerprint density at radius 3 is 2.57 bits per heavy atom. The fourth-order valence-corrected chi connectivity index (χ4v) is 4.80. The van der Waals surface area contributed by atoms with Crippen LogP contribution in [-0.2, 0) is 16.9 Å². The summed E-state index contributed by atoms with van der Waals surface area (Å²) in [7, 11) is 3.96. The fraction of sp³-hybridized carbons (Fsp3) is 0.370. The summed E-state index contributed by atoms with van der Waals surface area (Å²) in [6, 6.07) is 16.8. The summed E-state index contributed by atoms with van der Waals surface area (Å²) in [5, 5.41) is 13.4. The van der Waals surface area contributed by atoms with Gasteiger partial charge in [0.2, 0.25) is 6.10 Å². The molecule has 10 heteroatoms. The van der Waals surface area contributed by atoms with E-state index in [2.05, 4.69) is 20.8 Å². The van der Waals surface area contributed by atoms with E-state index < -0.39 is 11.6 Å². The van der Waals surface area contributed by atoms with Crippen LogP contribution in [0.3, 0.4) is 0 Å². The lowest BCUT2D eigenvalue weighted by molar-refractivity contribution is -0.125. The lowest BCUT2D eigenvalue weighted by Gasteiger charge is -2.34. The van der Waals surface area contributed by atoms with Crippen LogP contribution >= 0.6 is 0 Å². The van der Waals surface area contributed by atoms with Crippen molar-refractivity contribution in [2.45, 2.75) is 38.1 Å². The predicted octanol–water partition coefficient (Wildman–Crippen LogP) is 3.25. The Morgan fingerprint density at radius 2 is 1.84 bits per heavy atom. The maximum Gasteiger partial charge on any atom is 0.319 e. The van der Waals surface area contributed by atoms with Crippen LogP contribution in [0.15, 0.2) is 54.6 Å². The molecule has 3 amide bonds. The molecule has 0 radical (unpaired) electrons. The van der Waals surface area contributed by atoms with Gasteiger partial charge >= 0.3 is 6.03 Å². The molecule has 1 aromatic heterocycles. The number of aromatic amines is 1. The zero-order valence-corrected chi connectivity index (χ0v) is 21.4. The molecular weight excluding hydrogens is 472 g/mol. The van der Waals surface area contributed by atoms with E-state index >= 15 is 0 Å². The Labute approximate surface area is 215 Å². The molecular formula is C27H32N6O4. The fourth-order valence-electron chi connectivity index (χ4n) is 4.80. The van der Waals surface area contributed by atoms with E-state index in [9.17, 15) is 9.59 Å². The number of rotatable bonds is 6. The Morgan fingerprint density at radius 1 is 1.14 bits per heavy atom. The molecule has 0 spiro atoms. The number of anilines is 1. The molecule has 2 aliphatic heterocycles. The molecule has 37 heavy (non-hydrogen) atoms. The molecule has 3 aromatic rings. The Balaban J connectivity index is 1.29. The van der Waals surface area contributed by atoms with Gasteiger partial charge in [-0.15, -0.1) is 0 Å². The number of benzene rings is 2. The maximum atomic E-state index is 13.5. The summed E-state index contributed by atoms with van der Waals surface area (Å²) >= 11 is 0. The summed E-state index contributed by atoms with van der Waals surface area (Å²) in [6.45, 7) is 4.98. The first-order valence-electron chi connectivity index (χ1n) is 12.3. The number of hydrogen-bond acceptors (Lipinski definition) is 6. The van der Waals surface area contributed by atoms with E-state index in [-0.39, 0.29) is 24.6 Å². The van der Waals surface area contributed by atoms with Gasteiger partial charge in [-0.2, -0.15) is 5.10 Å². The first-order chi connectivity index (χ1) is 17.7. The second kappa shape index (κ2) is 9.78. The molecule has 3 heterocycles. The van der Waals surface area contributed by atoms with Gasteiger partial charge < -0.3 is 29.9 Å². The highest BCUT2D eigenvalue weighted by molar-refractivity contribution is 5.95. The smallest absolute Gasteiger partial charge is 0.319 e. The van der Waals surface area contributed by atoms with Gasteiger partial charge in [-0.25, -0.2) is 4.79 Å². The number of likely N-dealkylation sites (N-methyl/N-ethyl adjacent to an activating group) is 1. The molecule has 0 fully saturated rings. The first-order valence-corrected chi connectivity index (χ1v) is 12.3. The van der Waals surface area contributed by atoms with E-state index in [1.165, 1.54) is 0 Å². The standard InChI is InChI=1S/C27H32N6O4/c1-27(2)23-18(14-33(27)26(35)28-19(15-32(3)4)17-10-6-5-7-11-17)24(31-30-23)29-25(34)22-16-36-20-12-8-9-13-21(20)37-22/h5-13,19,22H,14-16H2,1-4H3,(H,28,35)(H2,29,30,31,34)/t19-,22?/m1/s1. The monoisotopic (exact) mass is 504 g/mol. The van der Waals surface area contributed by atoms with Crippen molar-refractivity contribution < 1.29 is 19.1 Å². The molecule has 2 aliphatic rings. The van der Waals surface area contributed by atoms with E-state index in [1.807, 2.05) is 75.3 Å². The minimum Gasteiger partial charge on any atom is -0.485 e. The molecule has 0 bridgehead atoms. The molecule has 2 aromatic carbocycles. The zero-order chi connectivity index (χ0) is 26.2. The molecule has 10 nitrogen and oxygen atoms in total. The SMILES string of the molecule is CN(C)C[C@@H](NC(=O)N1Cc2c(NC(=O)C3COc4ccccc4O3)n[nH]c2C1(C)C)c1ccccc1. The zero-order valence-electron chi connectivity index (χ0n) is 21.4. The van der Waals surface area contributed by atoms with Crippen LogP contribution in [0.4, 0.5) is 10.6 Å². The number of nitrogens with zero attached hydrogens (tertiary/aromatic N) is 3. The third kappa shape index (κ3) is 4.84. The van der Waals surface area contributed by atoms with Crippen molar-refractivity contribution in [3.8, 4) is 11.5 Å². The number of ether oxygens (including phenoxy) is 2. The summed E-state index contributed by atoms with van der Waals surface area (Å²) in [4.78, 5) is 30.3. The van der Waals surface area contributed by atoms with E-state index in [0.29, 0.717) is 30.4 Å². The Hall–Kier alpha value is -4.05. The van der Waals surface area contributed by atoms with E-state index in [1.54, 1.807) is 17.0 Å². The first kappa shape index (κ1) is 24.6. The topological polar surface area (TPSA) is 112 Å². The van der Waals surface area contributed by atoms with Crippen LogP contribution in [0, 0.1) is 0 Å². The number of aromatic nitrogens is 2. The van der Waals surface area contributed by atoms with Crippen molar-refractivity contribution >= 4 is 17.8 Å². The van der Waals surface area contributed by atoms with Gasteiger partial charge in [-0.3, -0.25) is 9.89 Å². The average Bonchev–Trinajstić information content (AvgIpc) is 3.41. The van der Waals surface area contributed by atoms with Crippen molar-refractivity contribution in [3.63, 3.8) is 0 Å². The minimum atomic E-state index is -0.811. The summed E-state index contributed by atoms with van der Waals surface area (Å²) in [5.74, 6) is 1.16. The van der Waals surface area contributed by atoms with Crippen molar-refractivity contribution in [1.82, 2.24) is 25.3 Å². The molecule has 0 aliphatic carbocycles. The molecule has 5 rings (SSSR count). The second-order valence-corrected chi connectivity index (χ2v) is 10.1. The molecule has 0 saturated carbocycles. The number of carbonyl (C=O) groups excluding carboxylic acids is 2. The largest absolute Gasteiger partial charge is 0.485 e. The lowest BCUT2D eigenvalue weighted by Crippen LogP contribution is -2.48. The highest BCUT2D eigenvalue weighted by Crippen LogP contribution is 2.41. The van der Waals surface area contributed by atoms with Gasteiger partial charge in [0.1, 0.15) is 6.61 Å². The average molecular weight is 505 g/mol. The van der Waals surface area contributed by atoms with Crippen molar-refractivity contribution in [2.24, 2.45) is 0 Å². The summed E-state index contributed by atoms with van der Waals surface area (Å²) < 4.78 is 11.5. The third-order valence-corrected chi connectivity index (χ3v) is 6.81.